The van der Waals surface area contributed by atoms with Crippen molar-refractivity contribution in [1.82, 2.24) is 4.98 Å². The second kappa shape index (κ2) is 7.65. The number of anilines is 1. The number of hydrogen-bond donors (Lipinski definition) is 2. The van der Waals surface area contributed by atoms with Gasteiger partial charge in [-0.25, -0.2) is 9.59 Å². The van der Waals surface area contributed by atoms with Crippen molar-refractivity contribution < 1.29 is 23.9 Å². The Kier molecular flexibility index (Phi) is 5.59. The molecule has 0 fully saturated rings. The maximum Gasteiger partial charge on any atom is 0.355 e. The topological polar surface area (TPSA) is 97.5 Å². The number of amides is 1. The molecule has 25 heavy (non-hydrogen) atoms. The van der Waals surface area contributed by atoms with E-state index >= 15 is 0 Å². The molecule has 0 unspecified atom stereocenters. The number of esters is 2. The summed E-state index contributed by atoms with van der Waals surface area (Å²) < 4.78 is 9.90. The third-order valence-corrected chi connectivity index (χ3v) is 3.73. The lowest BCUT2D eigenvalue weighted by molar-refractivity contribution is -0.123. The summed E-state index contributed by atoms with van der Waals surface area (Å²) in [5, 5.41) is 2.66. The van der Waals surface area contributed by atoms with Gasteiger partial charge in [0.25, 0.3) is 5.91 Å². The van der Waals surface area contributed by atoms with Crippen LogP contribution in [0.2, 0.25) is 0 Å². The van der Waals surface area contributed by atoms with Crippen LogP contribution in [0.4, 0.5) is 5.69 Å². The summed E-state index contributed by atoms with van der Waals surface area (Å²) in [5.41, 5.74) is 1.94. The highest BCUT2D eigenvalue weighted by atomic mass is 16.5. The van der Waals surface area contributed by atoms with Crippen LogP contribution >= 0.6 is 0 Å². The monoisotopic (exact) mass is 344 g/mol. The minimum absolute atomic E-state index is 0.122. The van der Waals surface area contributed by atoms with Gasteiger partial charge in [0, 0.05) is 11.4 Å². The van der Waals surface area contributed by atoms with Gasteiger partial charge in [-0.15, -0.1) is 0 Å². The van der Waals surface area contributed by atoms with E-state index in [-0.39, 0.29) is 11.3 Å². The van der Waals surface area contributed by atoms with Crippen molar-refractivity contribution >= 4 is 23.5 Å². The summed E-state index contributed by atoms with van der Waals surface area (Å²) in [5.74, 6) is -1.71. The summed E-state index contributed by atoms with van der Waals surface area (Å²) in [6.07, 6.45) is -1.00. The molecular formula is C18H20N2O5. The van der Waals surface area contributed by atoms with Crippen LogP contribution in [-0.4, -0.2) is 36.0 Å². The minimum Gasteiger partial charge on any atom is -0.465 e. The molecule has 1 aromatic carbocycles. The van der Waals surface area contributed by atoms with Gasteiger partial charge < -0.3 is 19.8 Å². The molecule has 2 N–H and O–H groups in total. The third-order valence-electron chi connectivity index (χ3n) is 3.73. The molecule has 7 heteroatoms. The fourth-order valence-electron chi connectivity index (χ4n) is 2.40. The summed E-state index contributed by atoms with van der Waals surface area (Å²) in [6, 6.07) is 8.85. The minimum atomic E-state index is -1.00. The zero-order chi connectivity index (χ0) is 18.6. The Bertz CT molecular complexity index is 795. The Morgan fingerprint density at radius 2 is 1.72 bits per heavy atom. The van der Waals surface area contributed by atoms with E-state index in [0.29, 0.717) is 16.9 Å². The number of nitrogens with one attached hydrogen (secondary N) is 2. The van der Waals surface area contributed by atoms with Crippen molar-refractivity contribution in [2.45, 2.75) is 26.9 Å². The van der Waals surface area contributed by atoms with Crippen LogP contribution in [-0.2, 0) is 14.3 Å². The second-order valence-corrected chi connectivity index (χ2v) is 5.52. The molecule has 1 atom stereocenters. The zero-order valence-electron chi connectivity index (χ0n) is 14.5. The van der Waals surface area contributed by atoms with Gasteiger partial charge in [-0.2, -0.15) is 0 Å². The van der Waals surface area contributed by atoms with E-state index in [0.717, 1.165) is 0 Å². The van der Waals surface area contributed by atoms with Crippen molar-refractivity contribution in [3.63, 3.8) is 0 Å². The van der Waals surface area contributed by atoms with Gasteiger partial charge in [0.2, 0.25) is 0 Å². The normalized spacial score (nSPS) is 11.5. The predicted molar refractivity (Wildman–Crippen MR) is 91.6 cm³/mol. The molecule has 1 amide bonds. The maximum absolute atomic E-state index is 12.3. The largest absolute Gasteiger partial charge is 0.465 e. The Morgan fingerprint density at radius 3 is 2.32 bits per heavy atom. The van der Waals surface area contributed by atoms with Crippen LogP contribution in [0.15, 0.2) is 30.3 Å². The van der Waals surface area contributed by atoms with E-state index < -0.39 is 23.9 Å². The molecule has 132 valence electrons. The first-order chi connectivity index (χ1) is 11.8. The fraction of sp³-hybridized carbons (Fsp3) is 0.278. The number of carbonyl (C=O) groups is 3. The SMILES string of the molecule is COC(=O)c1c(C)[nH]c(C(=O)O[C@@H](C)C(=O)Nc2ccccc2)c1C. The number of ether oxygens (including phenoxy) is 2. The smallest absolute Gasteiger partial charge is 0.355 e. The summed E-state index contributed by atoms with van der Waals surface area (Å²) >= 11 is 0. The highest BCUT2D eigenvalue weighted by molar-refractivity contribution is 6.00. The van der Waals surface area contributed by atoms with Gasteiger partial charge in [-0.3, -0.25) is 4.79 Å². The fourth-order valence-corrected chi connectivity index (χ4v) is 2.40. The van der Waals surface area contributed by atoms with Crippen molar-refractivity contribution in [2.75, 3.05) is 12.4 Å². The lowest BCUT2D eigenvalue weighted by Gasteiger charge is -2.13. The Balaban J connectivity index is 2.09. The molecule has 0 aliphatic carbocycles. The average molecular weight is 344 g/mol. The van der Waals surface area contributed by atoms with E-state index in [2.05, 4.69) is 10.3 Å². The number of rotatable bonds is 5. The predicted octanol–water partition coefficient (Wildman–Crippen LogP) is 2.60. The molecule has 1 aromatic heterocycles. The molecule has 0 spiro atoms. The second-order valence-electron chi connectivity index (χ2n) is 5.52. The Labute approximate surface area is 145 Å². The molecule has 0 aliphatic rings. The number of carbonyl (C=O) groups excluding carboxylic acids is 3. The Morgan fingerprint density at radius 1 is 1.08 bits per heavy atom. The van der Waals surface area contributed by atoms with Crippen LogP contribution in [0.3, 0.4) is 0 Å². The zero-order valence-corrected chi connectivity index (χ0v) is 14.5. The first kappa shape index (κ1) is 18.3. The molecular weight excluding hydrogens is 324 g/mol. The standard InChI is InChI=1S/C18H20N2O5/c1-10-14(17(22)24-4)11(2)19-15(10)18(23)25-12(3)16(21)20-13-8-6-5-7-9-13/h5-9,12,19H,1-4H3,(H,20,21)/t12-/m0/s1. The molecule has 0 saturated heterocycles. The van der Waals surface area contributed by atoms with E-state index in [1.807, 2.05) is 6.07 Å². The number of aryl methyl sites for hydroxylation is 1. The summed E-state index contributed by atoms with van der Waals surface area (Å²) in [7, 11) is 1.27. The highest BCUT2D eigenvalue weighted by Crippen LogP contribution is 2.20. The lowest BCUT2D eigenvalue weighted by atomic mass is 10.1. The lowest BCUT2D eigenvalue weighted by Crippen LogP contribution is -2.30. The molecule has 7 nitrogen and oxygen atoms in total. The molecule has 0 bridgehead atoms. The van der Waals surface area contributed by atoms with Crippen molar-refractivity contribution in [1.29, 1.82) is 0 Å². The van der Waals surface area contributed by atoms with Crippen molar-refractivity contribution in [3.05, 3.63) is 52.8 Å². The van der Waals surface area contributed by atoms with Crippen LogP contribution in [0, 0.1) is 13.8 Å². The van der Waals surface area contributed by atoms with Crippen LogP contribution in [0.1, 0.15) is 39.0 Å². The van der Waals surface area contributed by atoms with E-state index in [1.54, 1.807) is 38.1 Å². The number of methoxy groups -OCH3 is 1. The maximum atomic E-state index is 12.3. The van der Waals surface area contributed by atoms with Crippen LogP contribution in [0.25, 0.3) is 0 Å². The van der Waals surface area contributed by atoms with E-state index in [4.69, 9.17) is 9.47 Å². The highest BCUT2D eigenvalue weighted by Gasteiger charge is 2.26. The number of para-hydroxylation sites is 1. The Hall–Kier alpha value is -3.09. The third kappa shape index (κ3) is 4.06. The average Bonchev–Trinajstić information content (AvgIpc) is 2.89. The van der Waals surface area contributed by atoms with Gasteiger partial charge in [0.1, 0.15) is 5.69 Å². The number of aromatic nitrogens is 1. The molecule has 2 aromatic rings. The molecule has 0 radical (unpaired) electrons. The first-order valence-electron chi connectivity index (χ1n) is 7.69. The van der Waals surface area contributed by atoms with Gasteiger partial charge in [0.15, 0.2) is 6.10 Å². The first-order valence-corrected chi connectivity index (χ1v) is 7.69. The summed E-state index contributed by atoms with van der Waals surface area (Å²) in [4.78, 5) is 39.0. The van der Waals surface area contributed by atoms with Gasteiger partial charge >= 0.3 is 11.9 Å². The molecule has 0 saturated carbocycles. The van der Waals surface area contributed by atoms with Crippen LogP contribution < -0.4 is 5.32 Å². The van der Waals surface area contributed by atoms with Gasteiger partial charge in [-0.1, -0.05) is 18.2 Å². The van der Waals surface area contributed by atoms with Crippen LogP contribution in [0.5, 0.6) is 0 Å². The number of hydrogen-bond acceptors (Lipinski definition) is 5. The number of aromatic amines is 1. The van der Waals surface area contributed by atoms with E-state index in [9.17, 15) is 14.4 Å². The molecule has 1 heterocycles. The van der Waals surface area contributed by atoms with Crippen molar-refractivity contribution in [2.24, 2.45) is 0 Å². The number of H-pyrrole nitrogens is 1. The van der Waals surface area contributed by atoms with Gasteiger partial charge in [0.05, 0.1) is 12.7 Å². The van der Waals surface area contributed by atoms with Gasteiger partial charge in [-0.05, 0) is 38.5 Å². The quantitative estimate of drug-likeness (QED) is 0.813. The molecule has 2 rings (SSSR count). The molecule has 0 aliphatic heterocycles. The van der Waals surface area contributed by atoms with Crippen molar-refractivity contribution in [3.8, 4) is 0 Å². The summed E-state index contributed by atoms with van der Waals surface area (Å²) in [6.45, 7) is 4.74. The van der Waals surface area contributed by atoms with E-state index in [1.165, 1.54) is 14.0 Å². The number of benzene rings is 1.